The van der Waals surface area contributed by atoms with Crippen molar-refractivity contribution in [1.82, 2.24) is 10.3 Å². The zero-order valence-corrected chi connectivity index (χ0v) is 17.1. The molecule has 0 radical (unpaired) electrons. The van der Waals surface area contributed by atoms with Gasteiger partial charge in [0.1, 0.15) is 5.76 Å². The molecule has 0 fully saturated rings. The Labute approximate surface area is 179 Å². The number of nitrogens with zero attached hydrogens (tertiary/aromatic N) is 1. The van der Waals surface area contributed by atoms with Gasteiger partial charge >= 0.3 is 0 Å². The van der Waals surface area contributed by atoms with Gasteiger partial charge in [-0.3, -0.25) is 14.9 Å². The molecule has 2 aromatic heterocycles. The van der Waals surface area contributed by atoms with Crippen molar-refractivity contribution in [1.29, 1.82) is 0 Å². The van der Waals surface area contributed by atoms with Crippen LogP contribution in [0.1, 0.15) is 41.7 Å². The molecule has 0 aliphatic carbocycles. The van der Waals surface area contributed by atoms with Crippen molar-refractivity contribution in [3.63, 3.8) is 0 Å². The number of para-hydroxylation sites is 1. The molecule has 4 aromatic rings. The van der Waals surface area contributed by atoms with Crippen LogP contribution >= 0.6 is 0 Å². The number of aromatic nitrogens is 1. The van der Waals surface area contributed by atoms with E-state index < -0.39 is 4.92 Å². The number of H-pyrrole nitrogens is 1. The fourth-order valence-corrected chi connectivity index (χ4v) is 3.94. The van der Waals surface area contributed by atoms with Crippen LogP contribution in [0.3, 0.4) is 0 Å². The number of fused-ring (bicyclic) bond motifs is 1. The topological polar surface area (TPSA) is 101 Å². The van der Waals surface area contributed by atoms with Crippen LogP contribution in [-0.2, 0) is 17.8 Å². The van der Waals surface area contributed by atoms with Crippen molar-refractivity contribution >= 4 is 22.5 Å². The Balaban J connectivity index is 1.70. The molecule has 2 aromatic carbocycles. The maximum atomic E-state index is 12.8. The van der Waals surface area contributed by atoms with E-state index in [9.17, 15) is 14.9 Å². The van der Waals surface area contributed by atoms with Gasteiger partial charge in [-0.15, -0.1) is 0 Å². The standard InChI is InChI=1S/C24H23N3O4/c1-2-16-6-4-10-20-22(15-26-24(16)20)21(17-7-3-8-18(12-17)27(29)30)13-23(28)25-14-19-9-5-11-31-19/h3-12,15,21,26H,2,13-14H2,1H3,(H,25,28)/t21-/m0/s1. The Bertz CT molecular complexity index is 1210. The number of benzene rings is 2. The van der Waals surface area contributed by atoms with E-state index in [0.29, 0.717) is 12.3 Å². The summed E-state index contributed by atoms with van der Waals surface area (Å²) in [4.78, 5) is 27.0. The quantitative estimate of drug-likeness (QED) is 0.309. The van der Waals surface area contributed by atoms with Gasteiger partial charge in [0.15, 0.2) is 0 Å². The Morgan fingerprint density at radius 1 is 1.19 bits per heavy atom. The van der Waals surface area contributed by atoms with Crippen LogP contribution in [0.25, 0.3) is 10.9 Å². The molecule has 7 nitrogen and oxygen atoms in total. The molecule has 31 heavy (non-hydrogen) atoms. The van der Waals surface area contributed by atoms with Crippen molar-refractivity contribution in [3.8, 4) is 0 Å². The van der Waals surface area contributed by atoms with E-state index in [2.05, 4.69) is 23.3 Å². The second-order valence-electron chi connectivity index (χ2n) is 7.40. The first-order valence-corrected chi connectivity index (χ1v) is 10.2. The average molecular weight is 417 g/mol. The summed E-state index contributed by atoms with van der Waals surface area (Å²) in [6.07, 6.45) is 4.51. The molecular formula is C24H23N3O4. The molecular weight excluding hydrogens is 394 g/mol. The van der Waals surface area contributed by atoms with Gasteiger partial charge in [-0.2, -0.15) is 0 Å². The fourth-order valence-electron chi connectivity index (χ4n) is 3.94. The molecule has 1 atom stereocenters. The van der Waals surface area contributed by atoms with Gasteiger partial charge < -0.3 is 14.7 Å². The van der Waals surface area contributed by atoms with E-state index in [-0.39, 0.29) is 23.9 Å². The number of hydrogen-bond donors (Lipinski definition) is 2. The number of furan rings is 1. The minimum atomic E-state index is -0.415. The SMILES string of the molecule is CCc1cccc2c([C@@H](CC(=O)NCc3ccco3)c3cccc([N+](=O)[O-])c3)c[nH]c12. The fraction of sp³-hybridized carbons (Fsp3) is 0.208. The number of carbonyl (C=O) groups excluding carboxylic acids is 1. The van der Waals surface area contributed by atoms with Crippen LogP contribution in [0, 0.1) is 10.1 Å². The molecule has 0 saturated heterocycles. The van der Waals surface area contributed by atoms with Gasteiger partial charge in [0.25, 0.3) is 5.69 Å². The van der Waals surface area contributed by atoms with Crippen LogP contribution in [0.15, 0.2) is 71.5 Å². The summed E-state index contributed by atoms with van der Waals surface area (Å²) >= 11 is 0. The number of hydrogen-bond acceptors (Lipinski definition) is 4. The lowest BCUT2D eigenvalue weighted by Crippen LogP contribution is -2.24. The Hall–Kier alpha value is -3.87. The van der Waals surface area contributed by atoms with Gasteiger partial charge in [0.05, 0.1) is 17.7 Å². The highest BCUT2D eigenvalue weighted by molar-refractivity contribution is 5.88. The first-order valence-electron chi connectivity index (χ1n) is 10.2. The minimum Gasteiger partial charge on any atom is -0.467 e. The van der Waals surface area contributed by atoms with Crippen LogP contribution in [0.4, 0.5) is 5.69 Å². The first-order chi connectivity index (χ1) is 15.1. The molecule has 158 valence electrons. The first kappa shape index (κ1) is 20.4. The average Bonchev–Trinajstić information content (AvgIpc) is 3.46. The molecule has 0 aliphatic heterocycles. The third kappa shape index (κ3) is 4.35. The van der Waals surface area contributed by atoms with E-state index in [1.807, 2.05) is 24.4 Å². The molecule has 0 aliphatic rings. The summed E-state index contributed by atoms with van der Waals surface area (Å²) in [5.41, 5.74) is 3.90. The molecule has 4 rings (SSSR count). The molecule has 0 spiro atoms. The molecule has 0 bridgehead atoms. The summed E-state index contributed by atoms with van der Waals surface area (Å²) < 4.78 is 5.28. The zero-order valence-electron chi connectivity index (χ0n) is 17.1. The number of nitro groups is 1. The van der Waals surface area contributed by atoms with E-state index >= 15 is 0 Å². The summed E-state index contributed by atoms with van der Waals surface area (Å²) in [5, 5.41) is 15.2. The van der Waals surface area contributed by atoms with E-state index in [1.165, 1.54) is 11.6 Å². The maximum absolute atomic E-state index is 12.8. The highest BCUT2D eigenvalue weighted by Gasteiger charge is 2.23. The van der Waals surface area contributed by atoms with Crippen molar-refractivity contribution in [2.24, 2.45) is 0 Å². The molecule has 0 saturated carbocycles. The number of rotatable bonds is 8. The second-order valence-corrected chi connectivity index (χ2v) is 7.40. The van der Waals surface area contributed by atoms with E-state index in [0.717, 1.165) is 28.5 Å². The summed E-state index contributed by atoms with van der Waals surface area (Å²) in [6.45, 7) is 2.39. The second kappa shape index (κ2) is 8.87. The predicted octanol–water partition coefficient (Wildman–Crippen LogP) is 5.07. The molecule has 7 heteroatoms. The lowest BCUT2D eigenvalue weighted by molar-refractivity contribution is -0.384. The number of nitro benzene ring substituents is 1. The Morgan fingerprint density at radius 3 is 2.77 bits per heavy atom. The smallest absolute Gasteiger partial charge is 0.269 e. The van der Waals surface area contributed by atoms with Crippen molar-refractivity contribution in [2.45, 2.75) is 32.2 Å². The summed E-state index contributed by atoms with van der Waals surface area (Å²) in [6, 6.07) is 16.2. The van der Waals surface area contributed by atoms with E-state index in [1.54, 1.807) is 30.5 Å². The summed E-state index contributed by atoms with van der Waals surface area (Å²) in [5.74, 6) is 0.172. The van der Waals surface area contributed by atoms with Crippen LogP contribution < -0.4 is 5.32 Å². The minimum absolute atomic E-state index is 0.00702. The van der Waals surface area contributed by atoms with Crippen LogP contribution in [0.5, 0.6) is 0 Å². The maximum Gasteiger partial charge on any atom is 0.269 e. The number of carbonyl (C=O) groups is 1. The highest BCUT2D eigenvalue weighted by atomic mass is 16.6. The number of aryl methyl sites for hydroxylation is 1. The Morgan fingerprint density at radius 2 is 2.03 bits per heavy atom. The number of amides is 1. The Kier molecular flexibility index (Phi) is 5.84. The van der Waals surface area contributed by atoms with Crippen molar-refractivity contribution in [3.05, 3.63) is 99.6 Å². The normalized spacial score (nSPS) is 12.0. The van der Waals surface area contributed by atoms with Gasteiger partial charge in [-0.25, -0.2) is 0 Å². The monoisotopic (exact) mass is 417 g/mol. The van der Waals surface area contributed by atoms with Gasteiger partial charge in [0.2, 0.25) is 5.91 Å². The van der Waals surface area contributed by atoms with Gasteiger partial charge in [0, 0.05) is 41.6 Å². The highest BCUT2D eigenvalue weighted by Crippen LogP contribution is 2.35. The third-order valence-corrected chi connectivity index (χ3v) is 5.50. The van der Waals surface area contributed by atoms with Crippen LogP contribution in [0.2, 0.25) is 0 Å². The van der Waals surface area contributed by atoms with Crippen LogP contribution in [-0.4, -0.2) is 15.8 Å². The molecule has 1 amide bonds. The molecule has 0 unspecified atom stereocenters. The van der Waals surface area contributed by atoms with E-state index in [4.69, 9.17) is 4.42 Å². The third-order valence-electron chi connectivity index (χ3n) is 5.50. The van der Waals surface area contributed by atoms with Gasteiger partial charge in [-0.05, 0) is 35.2 Å². The molecule has 2 N–H and O–H groups in total. The predicted molar refractivity (Wildman–Crippen MR) is 118 cm³/mol. The lowest BCUT2D eigenvalue weighted by atomic mass is 9.87. The van der Waals surface area contributed by atoms with Crippen molar-refractivity contribution in [2.75, 3.05) is 0 Å². The summed E-state index contributed by atoms with van der Waals surface area (Å²) in [7, 11) is 0. The lowest BCUT2D eigenvalue weighted by Gasteiger charge is -2.17. The molecule has 2 heterocycles. The largest absolute Gasteiger partial charge is 0.467 e. The zero-order chi connectivity index (χ0) is 21.8. The number of aromatic amines is 1. The number of nitrogens with one attached hydrogen (secondary N) is 2. The van der Waals surface area contributed by atoms with Crippen molar-refractivity contribution < 1.29 is 14.1 Å². The number of non-ortho nitro benzene ring substituents is 1. The van der Waals surface area contributed by atoms with Gasteiger partial charge in [-0.1, -0.05) is 37.3 Å².